The predicted molar refractivity (Wildman–Crippen MR) is 97.7 cm³/mol. The molecule has 1 aromatic heterocycles. The van der Waals surface area contributed by atoms with Gasteiger partial charge in [0.25, 0.3) is 5.56 Å². The summed E-state index contributed by atoms with van der Waals surface area (Å²) < 4.78 is 1.46. The first-order valence-electron chi connectivity index (χ1n) is 8.62. The van der Waals surface area contributed by atoms with E-state index in [1.807, 2.05) is 30.3 Å². The fraction of sp³-hybridized carbons (Fsp3) is 0.421. The molecule has 132 valence electrons. The van der Waals surface area contributed by atoms with Crippen LogP contribution in [0.25, 0.3) is 0 Å². The smallest absolute Gasteiger partial charge is 0.269 e. The molecule has 6 heteroatoms. The molecule has 1 aliphatic rings. The average molecular weight is 340 g/mol. The number of rotatable bonds is 4. The third-order valence-electron chi connectivity index (χ3n) is 4.61. The maximum atomic E-state index is 12.4. The van der Waals surface area contributed by atoms with Gasteiger partial charge in [-0.1, -0.05) is 30.3 Å². The maximum absolute atomic E-state index is 12.4. The van der Waals surface area contributed by atoms with Crippen molar-refractivity contribution in [1.82, 2.24) is 14.7 Å². The zero-order valence-electron chi connectivity index (χ0n) is 14.8. The minimum absolute atomic E-state index is 0.0181. The molecule has 0 aliphatic carbocycles. The van der Waals surface area contributed by atoms with Gasteiger partial charge in [-0.2, -0.15) is 5.10 Å². The first-order chi connectivity index (χ1) is 12.0. The van der Waals surface area contributed by atoms with E-state index in [1.54, 1.807) is 31.3 Å². The van der Waals surface area contributed by atoms with E-state index in [1.165, 1.54) is 4.68 Å². The SMILES string of the molecule is CN(C)C(=O)C1CCCN(c2cnn(Cc3ccccc3)c(=O)c2)C1. The predicted octanol–water partition coefficient (Wildman–Crippen LogP) is 1.60. The highest BCUT2D eigenvalue weighted by Gasteiger charge is 2.27. The summed E-state index contributed by atoms with van der Waals surface area (Å²) in [6, 6.07) is 11.4. The minimum atomic E-state index is -0.123. The van der Waals surface area contributed by atoms with Gasteiger partial charge in [-0.25, -0.2) is 4.68 Å². The molecular formula is C19H24N4O2. The molecule has 0 spiro atoms. The topological polar surface area (TPSA) is 58.4 Å². The van der Waals surface area contributed by atoms with E-state index in [9.17, 15) is 9.59 Å². The summed E-state index contributed by atoms with van der Waals surface area (Å²) >= 11 is 0. The van der Waals surface area contributed by atoms with Gasteiger partial charge in [0, 0.05) is 33.3 Å². The molecule has 0 saturated carbocycles. The Balaban J connectivity index is 1.74. The van der Waals surface area contributed by atoms with E-state index in [4.69, 9.17) is 0 Å². The molecule has 1 saturated heterocycles. The standard InChI is InChI=1S/C19H24N4O2/c1-21(2)19(25)16-9-6-10-22(14-16)17-11-18(24)23(20-12-17)13-15-7-4-3-5-8-15/h3-5,7-8,11-12,16H,6,9-10,13-14H2,1-2H3. The van der Waals surface area contributed by atoms with Gasteiger partial charge < -0.3 is 9.80 Å². The van der Waals surface area contributed by atoms with Crippen LogP contribution in [-0.4, -0.2) is 47.8 Å². The normalized spacial score (nSPS) is 17.4. The molecule has 6 nitrogen and oxygen atoms in total. The number of piperidine rings is 1. The van der Waals surface area contributed by atoms with E-state index in [0.29, 0.717) is 13.1 Å². The Hall–Kier alpha value is -2.63. The summed E-state index contributed by atoms with van der Waals surface area (Å²) in [4.78, 5) is 28.4. The average Bonchev–Trinajstić information content (AvgIpc) is 2.63. The van der Waals surface area contributed by atoms with E-state index in [0.717, 1.165) is 30.6 Å². The second kappa shape index (κ2) is 7.51. The second-order valence-corrected chi connectivity index (χ2v) is 6.71. The van der Waals surface area contributed by atoms with Crippen LogP contribution < -0.4 is 10.5 Å². The van der Waals surface area contributed by atoms with Gasteiger partial charge in [0.15, 0.2) is 0 Å². The number of hydrogen-bond donors (Lipinski definition) is 0. The number of carbonyl (C=O) groups is 1. The van der Waals surface area contributed by atoms with E-state index in [2.05, 4.69) is 10.00 Å². The van der Waals surface area contributed by atoms with Crippen LogP contribution in [0.5, 0.6) is 0 Å². The summed E-state index contributed by atoms with van der Waals surface area (Å²) in [6.07, 6.45) is 3.57. The lowest BCUT2D eigenvalue weighted by Crippen LogP contribution is -2.43. The van der Waals surface area contributed by atoms with Crippen molar-refractivity contribution in [3.8, 4) is 0 Å². The van der Waals surface area contributed by atoms with Crippen molar-refractivity contribution in [1.29, 1.82) is 0 Å². The van der Waals surface area contributed by atoms with E-state index < -0.39 is 0 Å². The Kier molecular flexibility index (Phi) is 5.16. The van der Waals surface area contributed by atoms with Gasteiger partial charge in [0.1, 0.15) is 0 Å². The van der Waals surface area contributed by atoms with Gasteiger partial charge in [0.05, 0.1) is 24.3 Å². The largest absolute Gasteiger partial charge is 0.369 e. The van der Waals surface area contributed by atoms with Gasteiger partial charge >= 0.3 is 0 Å². The lowest BCUT2D eigenvalue weighted by Gasteiger charge is -2.34. The minimum Gasteiger partial charge on any atom is -0.369 e. The lowest BCUT2D eigenvalue weighted by molar-refractivity contribution is -0.133. The molecule has 2 aromatic rings. The molecule has 1 aromatic carbocycles. The van der Waals surface area contributed by atoms with E-state index in [-0.39, 0.29) is 17.4 Å². The van der Waals surface area contributed by atoms with Crippen molar-refractivity contribution < 1.29 is 4.79 Å². The number of nitrogens with zero attached hydrogens (tertiary/aromatic N) is 4. The van der Waals surface area contributed by atoms with Crippen LogP contribution in [0.15, 0.2) is 47.4 Å². The summed E-state index contributed by atoms with van der Waals surface area (Å²) in [5, 5.41) is 4.32. The Morgan fingerprint density at radius 1 is 1.28 bits per heavy atom. The first kappa shape index (κ1) is 17.2. The molecule has 1 atom stereocenters. The van der Waals surface area contributed by atoms with Crippen LogP contribution in [0.4, 0.5) is 5.69 Å². The number of benzene rings is 1. The van der Waals surface area contributed by atoms with Crippen molar-refractivity contribution in [2.45, 2.75) is 19.4 Å². The third kappa shape index (κ3) is 4.07. The van der Waals surface area contributed by atoms with Crippen LogP contribution in [0, 0.1) is 5.92 Å². The van der Waals surface area contributed by atoms with Crippen LogP contribution in [0.1, 0.15) is 18.4 Å². The number of amides is 1. The first-order valence-corrected chi connectivity index (χ1v) is 8.62. The molecule has 0 N–H and O–H groups in total. The third-order valence-corrected chi connectivity index (χ3v) is 4.61. The lowest BCUT2D eigenvalue weighted by atomic mass is 9.96. The fourth-order valence-corrected chi connectivity index (χ4v) is 3.25. The summed E-state index contributed by atoms with van der Waals surface area (Å²) in [6.45, 7) is 1.95. The molecule has 1 aliphatic heterocycles. The van der Waals surface area contributed by atoms with Gasteiger partial charge in [-0.3, -0.25) is 9.59 Å². The molecule has 3 rings (SSSR count). The Morgan fingerprint density at radius 2 is 2.04 bits per heavy atom. The molecule has 0 radical (unpaired) electrons. The highest BCUT2D eigenvalue weighted by Crippen LogP contribution is 2.22. The van der Waals surface area contributed by atoms with Crippen molar-refractivity contribution >= 4 is 11.6 Å². The number of aromatic nitrogens is 2. The van der Waals surface area contributed by atoms with Crippen LogP contribution in [-0.2, 0) is 11.3 Å². The monoisotopic (exact) mass is 340 g/mol. The van der Waals surface area contributed by atoms with Crippen LogP contribution in [0.3, 0.4) is 0 Å². The molecule has 1 unspecified atom stereocenters. The molecule has 1 fully saturated rings. The zero-order chi connectivity index (χ0) is 17.8. The van der Waals surface area contributed by atoms with Gasteiger partial charge in [-0.15, -0.1) is 0 Å². The summed E-state index contributed by atoms with van der Waals surface area (Å²) in [5.74, 6) is 0.130. The number of hydrogen-bond acceptors (Lipinski definition) is 4. The van der Waals surface area contributed by atoms with Crippen molar-refractivity contribution in [3.63, 3.8) is 0 Å². The van der Waals surface area contributed by atoms with Gasteiger partial charge in [0.2, 0.25) is 5.91 Å². The molecule has 25 heavy (non-hydrogen) atoms. The van der Waals surface area contributed by atoms with Crippen LogP contribution >= 0.6 is 0 Å². The Morgan fingerprint density at radius 3 is 2.72 bits per heavy atom. The maximum Gasteiger partial charge on any atom is 0.269 e. The van der Waals surface area contributed by atoms with Gasteiger partial charge in [-0.05, 0) is 18.4 Å². The highest BCUT2D eigenvalue weighted by atomic mass is 16.2. The number of anilines is 1. The van der Waals surface area contributed by atoms with Crippen LogP contribution in [0.2, 0.25) is 0 Å². The molecule has 0 bridgehead atoms. The van der Waals surface area contributed by atoms with Crippen molar-refractivity contribution in [3.05, 3.63) is 58.5 Å². The highest BCUT2D eigenvalue weighted by molar-refractivity contribution is 5.79. The number of carbonyl (C=O) groups excluding carboxylic acids is 1. The quantitative estimate of drug-likeness (QED) is 0.848. The Bertz CT molecular complexity index is 786. The summed E-state index contributed by atoms with van der Waals surface area (Å²) in [5.41, 5.74) is 1.72. The zero-order valence-corrected chi connectivity index (χ0v) is 14.8. The van der Waals surface area contributed by atoms with Crippen molar-refractivity contribution in [2.75, 3.05) is 32.1 Å². The fourth-order valence-electron chi connectivity index (χ4n) is 3.25. The molecule has 2 heterocycles. The molecular weight excluding hydrogens is 316 g/mol. The second-order valence-electron chi connectivity index (χ2n) is 6.71. The summed E-state index contributed by atoms with van der Waals surface area (Å²) in [7, 11) is 3.57. The molecule has 1 amide bonds. The Labute approximate surface area is 147 Å². The van der Waals surface area contributed by atoms with E-state index >= 15 is 0 Å². The van der Waals surface area contributed by atoms with Crippen molar-refractivity contribution in [2.24, 2.45) is 5.92 Å².